The van der Waals surface area contributed by atoms with E-state index >= 15 is 0 Å². The van der Waals surface area contributed by atoms with E-state index in [2.05, 4.69) is 25.2 Å². The average Bonchev–Trinajstić information content (AvgIpc) is 3.12. The Hall–Kier alpha value is -2.52. The third-order valence-electron chi connectivity index (χ3n) is 5.83. The Kier molecular flexibility index (Phi) is 6.59. The molecule has 1 amide bonds. The fourth-order valence-corrected chi connectivity index (χ4v) is 4.12. The lowest BCUT2D eigenvalue weighted by atomic mass is 9.96. The average molecular weight is 414 g/mol. The number of ether oxygens (including phenoxy) is 1. The van der Waals surface area contributed by atoms with Crippen LogP contribution in [0.3, 0.4) is 0 Å². The number of aromatic nitrogens is 4. The zero-order chi connectivity index (χ0) is 20.9. The summed E-state index contributed by atoms with van der Waals surface area (Å²) in [5.41, 5.74) is 2.01. The predicted octanol–water partition coefficient (Wildman–Crippen LogP) is 0.944. The van der Waals surface area contributed by atoms with Gasteiger partial charge < -0.3 is 15.0 Å². The van der Waals surface area contributed by atoms with Gasteiger partial charge in [-0.25, -0.2) is 9.67 Å². The number of nitrogens with zero attached hydrogens (tertiary/aromatic N) is 6. The van der Waals surface area contributed by atoms with Gasteiger partial charge in [0.15, 0.2) is 5.82 Å². The Morgan fingerprint density at radius 2 is 1.97 bits per heavy atom. The van der Waals surface area contributed by atoms with Crippen molar-refractivity contribution >= 4 is 11.9 Å². The molecule has 162 valence electrons. The lowest BCUT2D eigenvalue weighted by molar-refractivity contribution is -0.125. The van der Waals surface area contributed by atoms with Crippen LogP contribution in [-0.4, -0.2) is 83.0 Å². The molecule has 0 aromatic carbocycles. The molecule has 9 nitrogen and oxygen atoms in total. The Labute approximate surface area is 177 Å². The number of carbonyl (C=O) groups is 1. The number of hydrogen-bond donors (Lipinski definition) is 1. The van der Waals surface area contributed by atoms with Crippen molar-refractivity contribution in [1.82, 2.24) is 30.0 Å². The summed E-state index contributed by atoms with van der Waals surface area (Å²) in [5, 5.41) is 7.62. The molecule has 30 heavy (non-hydrogen) atoms. The van der Waals surface area contributed by atoms with Gasteiger partial charge in [0, 0.05) is 63.1 Å². The van der Waals surface area contributed by atoms with E-state index in [4.69, 9.17) is 9.72 Å². The highest BCUT2D eigenvalue weighted by Gasteiger charge is 2.26. The number of morpholine rings is 1. The van der Waals surface area contributed by atoms with Crippen LogP contribution in [0, 0.1) is 19.8 Å². The summed E-state index contributed by atoms with van der Waals surface area (Å²) >= 11 is 0. The highest BCUT2D eigenvalue weighted by molar-refractivity contribution is 5.78. The second-order valence-electron chi connectivity index (χ2n) is 8.06. The summed E-state index contributed by atoms with van der Waals surface area (Å²) in [6, 6.07) is 3.91. The number of amides is 1. The van der Waals surface area contributed by atoms with Crippen molar-refractivity contribution in [2.24, 2.45) is 5.92 Å². The van der Waals surface area contributed by atoms with Gasteiger partial charge in [0.25, 0.3) is 0 Å². The van der Waals surface area contributed by atoms with Crippen molar-refractivity contribution in [3.05, 3.63) is 29.7 Å². The van der Waals surface area contributed by atoms with Crippen molar-refractivity contribution in [3.63, 3.8) is 0 Å². The number of rotatable bonds is 6. The van der Waals surface area contributed by atoms with Crippen LogP contribution in [0.25, 0.3) is 5.82 Å². The SMILES string of the molecule is Cc1cc(C)n(-c2ccnc(N3CCC(C(=O)NCCN4CCOCC4)CC3)n2)n1. The molecule has 4 heterocycles. The van der Waals surface area contributed by atoms with Gasteiger partial charge in [0.2, 0.25) is 11.9 Å². The van der Waals surface area contributed by atoms with Crippen molar-refractivity contribution in [2.75, 3.05) is 57.4 Å². The van der Waals surface area contributed by atoms with E-state index in [-0.39, 0.29) is 11.8 Å². The molecular formula is C21H31N7O2. The van der Waals surface area contributed by atoms with Gasteiger partial charge in [-0.05, 0) is 32.8 Å². The second kappa shape index (κ2) is 9.53. The molecule has 2 fully saturated rings. The van der Waals surface area contributed by atoms with Gasteiger partial charge in [0.05, 0.1) is 18.9 Å². The molecule has 2 aromatic rings. The molecule has 9 heteroatoms. The number of anilines is 1. The van der Waals surface area contributed by atoms with E-state index in [1.54, 1.807) is 6.20 Å². The minimum absolute atomic E-state index is 0.0603. The van der Waals surface area contributed by atoms with Crippen LogP contribution in [0.4, 0.5) is 5.95 Å². The topological polar surface area (TPSA) is 88.4 Å². The van der Waals surface area contributed by atoms with E-state index in [0.717, 1.165) is 76.0 Å². The fourth-order valence-electron chi connectivity index (χ4n) is 4.12. The van der Waals surface area contributed by atoms with Crippen molar-refractivity contribution in [1.29, 1.82) is 0 Å². The summed E-state index contributed by atoms with van der Waals surface area (Å²) in [5.74, 6) is 1.70. The standard InChI is InChI=1S/C21H31N7O2/c1-16-15-17(2)28(25-16)19-3-6-23-21(24-19)27-8-4-18(5-9-27)20(29)22-7-10-26-11-13-30-14-12-26/h3,6,15,18H,4-5,7-14H2,1-2H3,(H,22,29). The predicted molar refractivity (Wildman–Crippen MR) is 114 cm³/mol. The van der Waals surface area contributed by atoms with Gasteiger partial charge in [0.1, 0.15) is 0 Å². The van der Waals surface area contributed by atoms with Crippen LogP contribution in [0.2, 0.25) is 0 Å². The molecule has 4 rings (SSSR count). The molecular weight excluding hydrogens is 382 g/mol. The van der Waals surface area contributed by atoms with Crippen molar-refractivity contribution in [2.45, 2.75) is 26.7 Å². The molecule has 0 bridgehead atoms. The van der Waals surface area contributed by atoms with Crippen LogP contribution in [0.1, 0.15) is 24.2 Å². The minimum atomic E-state index is 0.0603. The number of aryl methyl sites for hydroxylation is 2. The smallest absolute Gasteiger partial charge is 0.227 e. The van der Waals surface area contributed by atoms with Crippen molar-refractivity contribution in [3.8, 4) is 5.82 Å². The fraction of sp³-hybridized carbons (Fsp3) is 0.619. The van der Waals surface area contributed by atoms with Gasteiger partial charge in [-0.1, -0.05) is 0 Å². The Bertz CT molecular complexity index is 855. The molecule has 0 aliphatic carbocycles. The zero-order valence-corrected chi connectivity index (χ0v) is 17.9. The third kappa shape index (κ3) is 4.96. The van der Waals surface area contributed by atoms with Gasteiger partial charge in [-0.15, -0.1) is 0 Å². The molecule has 0 unspecified atom stereocenters. The first-order chi connectivity index (χ1) is 14.6. The summed E-state index contributed by atoms with van der Waals surface area (Å²) in [4.78, 5) is 26.2. The molecule has 2 aliphatic rings. The summed E-state index contributed by atoms with van der Waals surface area (Å²) in [6.07, 6.45) is 3.41. The maximum atomic E-state index is 12.5. The minimum Gasteiger partial charge on any atom is -0.379 e. The number of carbonyl (C=O) groups excluding carboxylic acids is 1. The molecule has 0 saturated carbocycles. The first-order valence-corrected chi connectivity index (χ1v) is 10.8. The van der Waals surface area contributed by atoms with Crippen LogP contribution < -0.4 is 10.2 Å². The van der Waals surface area contributed by atoms with Gasteiger partial charge in [-0.2, -0.15) is 10.1 Å². The third-order valence-corrected chi connectivity index (χ3v) is 5.83. The lowest BCUT2D eigenvalue weighted by Gasteiger charge is -2.31. The largest absolute Gasteiger partial charge is 0.379 e. The zero-order valence-electron chi connectivity index (χ0n) is 17.9. The molecule has 2 aromatic heterocycles. The van der Waals surface area contributed by atoms with Crippen LogP contribution in [0.5, 0.6) is 0 Å². The summed E-state index contributed by atoms with van der Waals surface area (Å²) in [6.45, 7) is 10.6. The Morgan fingerprint density at radius 1 is 1.20 bits per heavy atom. The molecule has 1 N–H and O–H groups in total. The highest BCUT2D eigenvalue weighted by atomic mass is 16.5. The quantitative estimate of drug-likeness (QED) is 0.754. The number of nitrogens with one attached hydrogen (secondary N) is 1. The lowest BCUT2D eigenvalue weighted by Crippen LogP contribution is -2.44. The molecule has 2 aliphatic heterocycles. The van der Waals surface area contributed by atoms with Crippen LogP contribution in [0.15, 0.2) is 18.3 Å². The van der Waals surface area contributed by atoms with Gasteiger partial charge in [-0.3, -0.25) is 9.69 Å². The summed E-state index contributed by atoms with van der Waals surface area (Å²) < 4.78 is 7.20. The molecule has 2 saturated heterocycles. The number of hydrogen-bond acceptors (Lipinski definition) is 7. The monoisotopic (exact) mass is 413 g/mol. The first-order valence-electron chi connectivity index (χ1n) is 10.8. The van der Waals surface area contributed by atoms with Crippen LogP contribution in [-0.2, 0) is 9.53 Å². The normalized spacial score (nSPS) is 18.5. The first kappa shape index (κ1) is 20.7. The highest BCUT2D eigenvalue weighted by Crippen LogP contribution is 2.21. The molecule has 0 spiro atoms. The van der Waals surface area contributed by atoms with E-state index in [1.165, 1.54) is 0 Å². The van der Waals surface area contributed by atoms with E-state index in [9.17, 15) is 4.79 Å². The summed E-state index contributed by atoms with van der Waals surface area (Å²) in [7, 11) is 0. The Balaban J connectivity index is 1.27. The van der Waals surface area contributed by atoms with Crippen molar-refractivity contribution < 1.29 is 9.53 Å². The van der Waals surface area contributed by atoms with Gasteiger partial charge >= 0.3 is 0 Å². The molecule has 0 radical (unpaired) electrons. The van der Waals surface area contributed by atoms with E-state index < -0.39 is 0 Å². The van der Waals surface area contributed by atoms with Crippen LogP contribution >= 0.6 is 0 Å². The second-order valence-corrected chi connectivity index (χ2v) is 8.06. The maximum absolute atomic E-state index is 12.5. The van der Waals surface area contributed by atoms with E-state index in [0.29, 0.717) is 12.5 Å². The molecule has 0 atom stereocenters. The Morgan fingerprint density at radius 3 is 2.67 bits per heavy atom. The van der Waals surface area contributed by atoms with E-state index in [1.807, 2.05) is 30.7 Å². The number of piperidine rings is 1. The maximum Gasteiger partial charge on any atom is 0.227 e.